The van der Waals surface area contributed by atoms with E-state index in [0.717, 1.165) is 33.8 Å². The van der Waals surface area contributed by atoms with Gasteiger partial charge in [-0.1, -0.05) is 48.5 Å². The van der Waals surface area contributed by atoms with Gasteiger partial charge in [-0.2, -0.15) is 13.2 Å². The minimum absolute atomic E-state index is 0.0601. The van der Waals surface area contributed by atoms with E-state index in [1.54, 1.807) is 11.0 Å². The van der Waals surface area contributed by atoms with E-state index in [4.69, 9.17) is 4.74 Å². The SMILES string of the molecule is FC(F)F.O=C(NC(Cc1cccc(CC2=c3ccccc3=CNN2)c1)C(=O)O)c1c(F)cc(N2CCOCC2)cc1F. The number of nitrogens with one attached hydrogen (secondary N) is 3. The molecule has 43 heavy (non-hydrogen) atoms. The molecule has 1 amide bonds. The number of rotatable bonds is 8. The van der Waals surface area contributed by atoms with Gasteiger partial charge in [0.1, 0.15) is 23.2 Å². The lowest BCUT2D eigenvalue weighted by Crippen LogP contribution is -2.43. The fourth-order valence-corrected chi connectivity index (χ4v) is 4.82. The van der Waals surface area contributed by atoms with Gasteiger partial charge in [0.15, 0.2) is 0 Å². The summed E-state index contributed by atoms with van der Waals surface area (Å²) in [6, 6.07) is 16.1. The molecule has 1 saturated heterocycles. The van der Waals surface area contributed by atoms with Gasteiger partial charge >= 0.3 is 12.6 Å². The van der Waals surface area contributed by atoms with Gasteiger partial charge in [-0.15, -0.1) is 0 Å². The van der Waals surface area contributed by atoms with Crippen molar-refractivity contribution in [1.29, 1.82) is 0 Å². The number of anilines is 1. The first-order valence-electron chi connectivity index (χ1n) is 13.3. The number of nitrogens with zero attached hydrogens (tertiary/aromatic N) is 1. The standard InChI is InChI=1S/C29H28F2N4O4.CHF3/c30-23-15-21(35-8-10-39-11-9-35)16-24(31)27(23)28(36)33-26(29(37)38)14-19-5-3-4-18(12-19)13-25-22-7-2-1-6-20(22)17-32-34-25;2-1(3)4/h1-7,12,15-17,26,32,34H,8-11,13-14H2,(H,33,36)(H,37,38);1H. The molecule has 2 aliphatic heterocycles. The number of morpholine rings is 1. The summed E-state index contributed by atoms with van der Waals surface area (Å²) in [6.45, 7) is -1.85. The molecule has 0 aromatic heterocycles. The topological polar surface area (TPSA) is 103 Å². The average Bonchev–Trinajstić information content (AvgIpc) is 2.97. The Kier molecular flexibility index (Phi) is 10.5. The number of ether oxygens (including phenoxy) is 1. The number of hydrogen-bond donors (Lipinski definition) is 4. The second-order valence-corrected chi connectivity index (χ2v) is 9.68. The number of benzene rings is 3. The summed E-state index contributed by atoms with van der Waals surface area (Å²) in [5, 5.41) is 14.2. The number of amides is 1. The molecule has 1 unspecified atom stereocenters. The lowest BCUT2D eigenvalue weighted by atomic mass is 10.00. The molecule has 2 heterocycles. The fourth-order valence-electron chi connectivity index (χ4n) is 4.82. The maximum atomic E-state index is 14.9. The van der Waals surface area contributed by atoms with E-state index in [-0.39, 0.29) is 6.42 Å². The quantitative estimate of drug-likeness (QED) is 0.294. The van der Waals surface area contributed by atoms with Crippen LogP contribution in [-0.4, -0.2) is 56.0 Å². The third kappa shape index (κ3) is 8.44. The Morgan fingerprint density at radius 3 is 2.28 bits per heavy atom. The maximum absolute atomic E-state index is 14.9. The van der Waals surface area contributed by atoms with E-state index in [2.05, 4.69) is 16.2 Å². The molecule has 3 aromatic rings. The van der Waals surface area contributed by atoms with Gasteiger partial charge in [-0.05, 0) is 23.3 Å². The van der Waals surface area contributed by atoms with E-state index in [1.807, 2.05) is 48.7 Å². The first-order valence-corrected chi connectivity index (χ1v) is 13.3. The third-order valence-electron chi connectivity index (χ3n) is 6.78. The van der Waals surface area contributed by atoms with E-state index < -0.39 is 41.8 Å². The second kappa shape index (κ2) is 14.5. The van der Waals surface area contributed by atoms with Gasteiger partial charge in [0, 0.05) is 54.0 Å². The van der Waals surface area contributed by atoms with Crippen molar-refractivity contribution in [3.05, 3.63) is 99.4 Å². The fraction of sp³-hybridized carbons (Fsp3) is 0.267. The lowest BCUT2D eigenvalue weighted by molar-refractivity contribution is -0.139. The molecule has 1 atom stereocenters. The zero-order valence-electron chi connectivity index (χ0n) is 22.8. The van der Waals surface area contributed by atoms with Crippen molar-refractivity contribution < 1.29 is 41.4 Å². The Morgan fingerprint density at radius 2 is 1.60 bits per heavy atom. The Labute approximate surface area is 243 Å². The number of alkyl halides is 3. The minimum Gasteiger partial charge on any atom is -0.480 e. The molecule has 0 aliphatic carbocycles. The number of carboxylic acid groups (broad SMARTS) is 1. The summed E-state index contributed by atoms with van der Waals surface area (Å²) in [4.78, 5) is 26.6. The first-order chi connectivity index (χ1) is 20.6. The molecular formula is C30H29F5N4O4. The van der Waals surface area contributed by atoms with Crippen molar-refractivity contribution in [1.82, 2.24) is 16.2 Å². The van der Waals surface area contributed by atoms with E-state index in [1.165, 1.54) is 0 Å². The largest absolute Gasteiger partial charge is 0.480 e. The number of hydrazine groups is 1. The molecule has 0 bridgehead atoms. The molecule has 1 fully saturated rings. The lowest BCUT2D eigenvalue weighted by Gasteiger charge is -2.29. The van der Waals surface area contributed by atoms with Gasteiger partial charge in [0.25, 0.3) is 5.91 Å². The second-order valence-electron chi connectivity index (χ2n) is 9.68. The molecular weight excluding hydrogens is 575 g/mol. The predicted molar refractivity (Wildman–Crippen MR) is 149 cm³/mol. The Bertz CT molecular complexity index is 1550. The van der Waals surface area contributed by atoms with Crippen molar-refractivity contribution in [2.24, 2.45) is 0 Å². The van der Waals surface area contributed by atoms with E-state index in [9.17, 15) is 36.6 Å². The van der Waals surface area contributed by atoms with Crippen LogP contribution in [0.2, 0.25) is 0 Å². The highest BCUT2D eigenvalue weighted by molar-refractivity contribution is 5.97. The third-order valence-corrected chi connectivity index (χ3v) is 6.78. The van der Waals surface area contributed by atoms with Crippen molar-refractivity contribution in [2.75, 3.05) is 31.2 Å². The maximum Gasteiger partial charge on any atom is 0.379 e. The van der Waals surface area contributed by atoms with Crippen molar-refractivity contribution >= 4 is 29.5 Å². The highest BCUT2D eigenvalue weighted by Crippen LogP contribution is 2.23. The number of aliphatic carboxylic acids is 1. The van der Waals surface area contributed by atoms with Crippen molar-refractivity contribution in [3.63, 3.8) is 0 Å². The van der Waals surface area contributed by atoms with Crippen LogP contribution in [0.5, 0.6) is 0 Å². The zero-order chi connectivity index (χ0) is 30.9. The van der Waals surface area contributed by atoms with E-state index >= 15 is 0 Å². The number of hydrogen-bond acceptors (Lipinski definition) is 6. The monoisotopic (exact) mass is 604 g/mol. The molecule has 0 spiro atoms. The molecule has 228 valence electrons. The van der Waals surface area contributed by atoms with Crippen LogP contribution in [0.4, 0.5) is 27.6 Å². The molecule has 4 N–H and O–H groups in total. The predicted octanol–water partition coefficient (Wildman–Crippen LogP) is 2.60. The van der Waals surface area contributed by atoms with Gasteiger partial charge in [0.05, 0.1) is 13.2 Å². The Balaban J connectivity index is 0.000000996. The van der Waals surface area contributed by atoms with Crippen LogP contribution < -0.4 is 31.5 Å². The molecule has 2 aliphatic rings. The average molecular weight is 605 g/mol. The molecule has 3 aromatic carbocycles. The first kappa shape index (κ1) is 31.3. The van der Waals surface area contributed by atoms with Crippen LogP contribution in [0, 0.1) is 11.6 Å². The molecule has 13 heteroatoms. The van der Waals surface area contributed by atoms with Gasteiger partial charge in [0.2, 0.25) is 0 Å². The van der Waals surface area contributed by atoms with Crippen LogP contribution in [0.15, 0.2) is 60.7 Å². The summed E-state index contributed by atoms with van der Waals surface area (Å²) in [6.07, 6.45) is 2.37. The summed E-state index contributed by atoms with van der Waals surface area (Å²) in [5.41, 5.74) is 8.24. The van der Waals surface area contributed by atoms with Crippen LogP contribution in [0.3, 0.4) is 0 Å². The molecule has 0 radical (unpaired) electrons. The van der Waals surface area contributed by atoms with Crippen LogP contribution in [0.1, 0.15) is 21.5 Å². The molecule has 0 saturated carbocycles. The zero-order valence-corrected chi connectivity index (χ0v) is 22.8. The number of fused-ring (bicyclic) bond motifs is 1. The summed E-state index contributed by atoms with van der Waals surface area (Å²) >= 11 is 0. The highest BCUT2D eigenvalue weighted by Gasteiger charge is 2.26. The van der Waals surface area contributed by atoms with Crippen LogP contribution >= 0.6 is 0 Å². The Morgan fingerprint density at radius 1 is 0.953 bits per heavy atom. The van der Waals surface area contributed by atoms with Crippen molar-refractivity contribution in [2.45, 2.75) is 25.6 Å². The summed E-state index contributed by atoms with van der Waals surface area (Å²) < 4.78 is 64.0. The van der Waals surface area contributed by atoms with Crippen LogP contribution in [-0.2, 0) is 22.4 Å². The molecule has 5 rings (SSSR count). The highest BCUT2D eigenvalue weighted by atomic mass is 19.4. The normalized spacial score (nSPS) is 14.7. The summed E-state index contributed by atoms with van der Waals surface area (Å²) in [5.74, 6) is -4.54. The Hall–Kier alpha value is -4.65. The van der Waals surface area contributed by atoms with Gasteiger partial charge in [-0.3, -0.25) is 4.79 Å². The van der Waals surface area contributed by atoms with Crippen LogP contribution in [0.25, 0.3) is 11.9 Å². The smallest absolute Gasteiger partial charge is 0.379 e. The number of carbonyl (C=O) groups excluding carboxylic acids is 1. The number of carboxylic acids is 1. The molecule has 8 nitrogen and oxygen atoms in total. The number of carbonyl (C=O) groups is 2. The number of halogens is 5. The summed E-state index contributed by atoms with van der Waals surface area (Å²) in [7, 11) is 0. The van der Waals surface area contributed by atoms with Gasteiger partial charge in [-0.25, -0.2) is 13.6 Å². The minimum atomic E-state index is -3.67. The van der Waals surface area contributed by atoms with E-state index in [0.29, 0.717) is 44.0 Å². The van der Waals surface area contributed by atoms with Crippen molar-refractivity contribution in [3.8, 4) is 0 Å². The van der Waals surface area contributed by atoms with Gasteiger partial charge < -0.3 is 30.9 Å².